The Morgan fingerprint density at radius 2 is 1.13 bits per heavy atom. The number of fused-ring (bicyclic) bond motifs is 6. The van der Waals surface area contributed by atoms with E-state index in [0.29, 0.717) is 0 Å². The van der Waals surface area contributed by atoms with Crippen molar-refractivity contribution in [1.29, 1.82) is 0 Å². The van der Waals surface area contributed by atoms with Gasteiger partial charge >= 0.3 is 7.69 Å². The van der Waals surface area contributed by atoms with Gasteiger partial charge in [-0.1, -0.05) is 167 Å². The molecular weight excluding hydrogens is 730 g/mol. The molecule has 1 aliphatic heterocycles. The molecule has 0 amide bonds. The largest absolute Gasteiger partial charge is 0.495 e. The number of hydrogen-bond acceptors (Lipinski definition) is 1. The first-order chi connectivity index (χ1) is 28.7. The van der Waals surface area contributed by atoms with Crippen LogP contribution in [0.3, 0.4) is 0 Å². The van der Waals surface area contributed by atoms with Crippen LogP contribution in [0.15, 0.2) is 125 Å². The van der Waals surface area contributed by atoms with E-state index in [4.69, 9.17) is 4.99 Å². The zero-order valence-corrected chi connectivity index (χ0v) is 37.0. The molecule has 0 bridgehead atoms. The molecule has 0 atom stereocenters. The molecule has 2 aliphatic carbocycles. The molecule has 0 saturated carbocycles. The lowest BCUT2D eigenvalue weighted by Crippen LogP contribution is -2.11. The SMILES string of the molecule is Cc1ccc(/C(=C2/N=C3C(=C2c2ccc(C(C)(C)C)cc2)CCCc2cc(C)ccc23)c2c(-c3ccc(C(C)(C)C)cc3)c3c(n2[B]F)-c2ccc(C)cc2CCC3)cc1. The molecule has 0 spiro atoms. The summed E-state index contributed by atoms with van der Waals surface area (Å²) in [5.41, 5.74) is 23.9. The molecule has 60 heavy (non-hydrogen) atoms. The van der Waals surface area contributed by atoms with Crippen LogP contribution in [0.5, 0.6) is 0 Å². The molecule has 6 aromatic rings. The van der Waals surface area contributed by atoms with Crippen LogP contribution in [-0.2, 0) is 30.1 Å². The number of allylic oxidation sites excluding steroid dienone is 2. The molecule has 2 heterocycles. The standard InChI is InChI=1S/C56H57BFN2/c1-34-16-20-39(21-17-34)50(52-48(37-22-26-42(27-23-37)55(4,5)6)46-14-10-12-40-32-35(2)18-30-44(40)51(46)59-52)54-49(38-24-28-43(29-25-38)56(7,8)9)47-15-11-13-41-33-36(3)19-31-45(41)53(47)60(54)57-58/h16-33H,10-15H2,1-9H3/b52-50-. The first-order valence-electron chi connectivity index (χ1n) is 22.0. The minimum Gasteiger partial charge on any atom is -0.357 e. The van der Waals surface area contributed by atoms with Crippen molar-refractivity contribution >= 4 is 24.5 Å². The zero-order chi connectivity index (χ0) is 42.1. The van der Waals surface area contributed by atoms with Gasteiger partial charge in [0.25, 0.3) is 0 Å². The van der Waals surface area contributed by atoms with E-state index in [-0.39, 0.29) is 10.8 Å². The van der Waals surface area contributed by atoms with Crippen molar-refractivity contribution in [2.24, 2.45) is 4.99 Å². The van der Waals surface area contributed by atoms with Gasteiger partial charge in [-0.25, -0.2) is 4.99 Å². The van der Waals surface area contributed by atoms with E-state index in [1.165, 1.54) is 55.6 Å². The summed E-state index contributed by atoms with van der Waals surface area (Å²) in [6.07, 6.45) is 5.73. The highest BCUT2D eigenvalue weighted by Crippen LogP contribution is 2.51. The van der Waals surface area contributed by atoms with Crippen molar-refractivity contribution in [3.63, 3.8) is 0 Å². The number of rotatable bonds is 5. The van der Waals surface area contributed by atoms with Crippen molar-refractivity contribution in [2.75, 3.05) is 0 Å². The van der Waals surface area contributed by atoms with Crippen molar-refractivity contribution in [2.45, 2.75) is 112 Å². The normalized spacial score (nSPS) is 16.0. The summed E-state index contributed by atoms with van der Waals surface area (Å²) in [5, 5.41) is 0. The average Bonchev–Trinajstić information content (AvgIpc) is 3.59. The van der Waals surface area contributed by atoms with E-state index in [2.05, 4.69) is 172 Å². The van der Waals surface area contributed by atoms with Crippen LogP contribution >= 0.6 is 0 Å². The molecule has 0 unspecified atom stereocenters. The number of aliphatic imine (C=N–C) groups is 1. The van der Waals surface area contributed by atoms with Crippen LogP contribution in [0, 0.1) is 20.8 Å². The summed E-state index contributed by atoms with van der Waals surface area (Å²) in [5.74, 6) is 0. The monoisotopic (exact) mass is 787 g/mol. The van der Waals surface area contributed by atoms with Crippen molar-refractivity contribution in [1.82, 2.24) is 4.48 Å². The smallest absolute Gasteiger partial charge is 0.357 e. The van der Waals surface area contributed by atoms with Gasteiger partial charge in [-0.05, 0) is 120 Å². The molecule has 3 aliphatic rings. The molecule has 301 valence electrons. The Kier molecular flexibility index (Phi) is 10.1. The van der Waals surface area contributed by atoms with Gasteiger partial charge in [0.15, 0.2) is 0 Å². The van der Waals surface area contributed by atoms with E-state index in [9.17, 15) is 0 Å². The van der Waals surface area contributed by atoms with E-state index < -0.39 is 0 Å². The lowest BCUT2D eigenvalue weighted by atomic mass is 9.83. The zero-order valence-electron chi connectivity index (χ0n) is 37.0. The number of benzene rings is 5. The average molecular weight is 788 g/mol. The maximum absolute atomic E-state index is 16.6. The maximum Gasteiger partial charge on any atom is 0.495 e. The summed E-state index contributed by atoms with van der Waals surface area (Å²) in [6.45, 7) is 20.1. The highest BCUT2D eigenvalue weighted by atomic mass is 19.1. The fourth-order valence-electron chi connectivity index (χ4n) is 9.89. The molecule has 0 saturated heterocycles. The molecule has 1 aromatic heterocycles. The molecule has 5 aromatic carbocycles. The Bertz CT molecular complexity index is 2740. The summed E-state index contributed by atoms with van der Waals surface area (Å²) in [6, 6.07) is 40.6. The van der Waals surface area contributed by atoms with Crippen LogP contribution in [0.2, 0.25) is 0 Å². The first-order valence-corrected chi connectivity index (χ1v) is 22.0. The summed E-state index contributed by atoms with van der Waals surface area (Å²) >= 11 is 0. The van der Waals surface area contributed by atoms with Gasteiger partial charge in [0.2, 0.25) is 0 Å². The Morgan fingerprint density at radius 3 is 1.72 bits per heavy atom. The second-order valence-corrected chi connectivity index (χ2v) is 19.6. The maximum atomic E-state index is 16.6. The number of aromatic nitrogens is 1. The summed E-state index contributed by atoms with van der Waals surface area (Å²) in [4.78, 5) is 5.86. The summed E-state index contributed by atoms with van der Waals surface area (Å²) < 4.78 is 18.5. The van der Waals surface area contributed by atoms with Gasteiger partial charge in [0.1, 0.15) is 0 Å². The number of aryl methyl sites for hydroxylation is 5. The molecular formula is C56H57BFN2. The van der Waals surface area contributed by atoms with Crippen molar-refractivity contribution < 1.29 is 4.32 Å². The van der Waals surface area contributed by atoms with Crippen LogP contribution < -0.4 is 0 Å². The molecule has 2 nitrogen and oxygen atoms in total. The van der Waals surface area contributed by atoms with Gasteiger partial charge in [0, 0.05) is 39.2 Å². The Morgan fingerprint density at radius 1 is 0.600 bits per heavy atom. The molecule has 0 fully saturated rings. The summed E-state index contributed by atoms with van der Waals surface area (Å²) in [7, 11) is 0.827. The second-order valence-electron chi connectivity index (χ2n) is 19.6. The second kappa shape index (κ2) is 15.2. The number of halogens is 1. The van der Waals surface area contributed by atoms with E-state index >= 15 is 4.32 Å². The fraction of sp³-hybridized carbons (Fsp3) is 0.304. The number of hydrogen-bond donors (Lipinski definition) is 0. The van der Waals surface area contributed by atoms with Gasteiger partial charge < -0.3 is 8.79 Å². The highest BCUT2D eigenvalue weighted by molar-refractivity contribution is 6.29. The van der Waals surface area contributed by atoms with Gasteiger partial charge in [0.05, 0.1) is 11.4 Å². The van der Waals surface area contributed by atoms with Crippen LogP contribution in [0.1, 0.15) is 128 Å². The van der Waals surface area contributed by atoms with Crippen molar-refractivity contribution in [3.8, 4) is 22.4 Å². The minimum absolute atomic E-state index is 0.00380. The Balaban J connectivity index is 1.45. The highest BCUT2D eigenvalue weighted by Gasteiger charge is 2.36. The number of nitrogens with zero attached hydrogens (tertiary/aromatic N) is 2. The minimum atomic E-state index is -0.00380. The molecule has 4 heteroatoms. The fourth-order valence-corrected chi connectivity index (χ4v) is 9.89. The van der Waals surface area contributed by atoms with Gasteiger partial charge in [-0.3, -0.25) is 0 Å². The lowest BCUT2D eigenvalue weighted by molar-refractivity contribution is 0.590. The van der Waals surface area contributed by atoms with E-state index in [1.54, 1.807) is 0 Å². The third-order valence-corrected chi connectivity index (χ3v) is 13.1. The van der Waals surface area contributed by atoms with E-state index in [1.807, 2.05) is 4.48 Å². The molecule has 9 rings (SSSR count). The van der Waals surface area contributed by atoms with Crippen LogP contribution in [0.25, 0.3) is 33.5 Å². The van der Waals surface area contributed by atoms with Gasteiger partial charge in [-0.2, -0.15) is 0 Å². The predicted molar refractivity (Wildman–Crippen MR) is 253 cm³/mol. The third-order valence-electron chi connectivity index (χ3n) is 13.1. The third kappa shape index (κ3) is 7.06. The Labute approximate surface area is 358 Å². The molecule has 1 radical (unpaired) electrons. The van der Waals surface area contributed by atoms with Crippen LogP contribution in [-0.4, -0.2) is 17.9 Å². The van der Waals surface area contributed by atoms with Crippen molar-refractivity contribution in [3.05, 3.63) is 187 Å². The lowest BCUT2D eigenvalue weighted by Gasteiger charge is -2.22. The predicted octanol–water partition coefficient (Wildman–Crippen LogP) is 14.2. The molecule has 0 N–H and O–H groups in total. The van der Waals surface area contributed by atoms with Gasteiger partial charge in [-0.15, -0.1) is 0 Å². The quantitative estimate of drug-likeness (QED) is 0.155. The topological polar surface area (TPSA) is 17.3 Å². The first kappa shape index (κ1) is 40.0. The van der Waals surface area contributed by atoms with E-state index in [0.717, 1.165) is 108 Å². The Hall–Kier alpha value is -5.48. The van der Waals surface area contributed by atoms with Crippen LogP contribution in [0.4, 0.5) is 4.32 Å².